The number of carboxylic acid groups (broad SMARTS) is 1. The van der Waals surface area contributed by atoms with Crippen LogP contribution in [-0.4, -0.2) is 29.6 Å². The van der Waals surface area contributed by atoms with Crippen LogP contribution in [0.25, 0.3) is 0 Å². The third-order valence-corrected chi connectivity index (χ3v) is 3.78. The van der Waals surface area contributed by atoms with Gasteiger partial charge in [-0.3, -0.25) is 9.59 Å². The molecular formula is C15H18ClNO4. The van der Waals surface area contributed by atoms with Crippen molar-refractivity contribution in [3.8, 4) is 5.75 Å². The van der Waals surface area contributed by atoms with E-state index in [2.05, 4.69) is 5.32 Å². The Balaban J connectivity index is 1.67. The number of hydrogen-bond donors (Lipinski definition) is 2. The molecule has 2 N–H and O–H groups in total. The van der Waals surface area contributed by atoms with E-state index in [1.807, 2.05) is 0 Å². The number of amides is 1. The number of nitrogens with one attached hydrogen (secondary N) is 1. The Kier molecular flexibility index (Phi) is 5.44. The maximum atomic E-state index is 11.8. The predicted molar refractivity (Wildman–Crippen MR) is 78.5 cm³/mol. The van der Waals surface area contributed by atoms with Crippen molar-refractivity contribution < 1.29 is 19.4 Å². The van der Waals surface area contributed by atoms with Gasteiger partial charge in [0.15, 0.2) is 0 Å². The highest BCUT2D eigenvalue weighted by molar-refractivity contribution is 6.30. The number of ether oxygens (including phenoxy) is 1. The van der Waals surface area contributed by atoms with E-state index in [9.17, 15) is 9.59 Å². The van der Waals surface area contributed by atoms with E-state index in [4.69, 9.17) is 21.4 Å². The van der Waals surface area contributed by atoms with E-state index in [0.29, 0.717) is 23.6 Å². The van der Waals surface area contributed by atoms with Crippen molar-refractivity contribution in [1.29, 1.82) is 0 Å². The second kappa shape index (κ2) is 7.31. The summed E-state index contributed by atoms with van der Waals surface area (Å²) in [4.78, 5) is 22.6. The molecular weight excluding hydrogens is 294 g/mol. The minimum Gasteiger partial charge on any atom is -0.493 e. The Hall–Kier alpha value is -1.75. The predicted octanol–water partition coefficient (Wildman–Crippen LogP) is 2.48. The van der Waals surface area contributed by atoms with Crippen LogP contribution in [-0.2, 0) is 9.59 Å². The topological polar surface area (TPSA) is 75.6 Å². The SMILES string of the molecule is O=C(CCOc1cccc(Cl)c1)NC1CCC(C(=O)O)C1. The van der Waals surface area contributed by atoms with Crippen LogP contribution in [0.5, 0.6) is 5.75 Å². The molecule has 114 valence electrons. The fourth-order valence-corrected chi connectivity index (χ4v) is 2.64. The molecule has 1 aliphatic carbocycles. The van der Waals surface area contributed by atoms with E-state index < -0.39 is 5.97 Å². The number of hydrogen-bond acceptors (Lipinski definition) is 3. The lowest BCUT2D eigenvalue weighted by Crippen LogP contribution is -2.34. The maximum absolute atomic E-state index is 11.8. The van der Waals surface area contributed by atoms with Crippen LogP contribution in [0.4, 0.5) is 0 Å². The van der Waals surface area contributed by atoms with Gasteiger partial charge >= 0.3 is 5.97 Å². The molecule has 0 aromatic heterocycles. The largest absolute Gasteiger partial charge is 0.493 e. The Bertz CT molecular complexity index is 520. The first-order valence-corrected chi connectivity index (χ1v) is 7.33. The maximum Gasteiger partial charge on any atom is 0.306 e. The minimum absolute atomic E-state index is 0.0373. The Morgan fingerprint density at radius 1 is 1.38 bits per heavy atom. The van der Waals surface area contributed by atoms with Gasteiger partial charge in [0.25, 0.3) is 0 Å². The van der Waals surface area contributed by atoms with Gasteiger partial charge in [0, 0.05) is 11.1 Å². The molecule has 1 amide bonds. The van der Waals surface area contributed by atoms with Crippen LogP contribution in [0.2, 0.25) is 5.02 Å². The molecule has 0 heterocycles. The fraction of sp³-hybridized carbons (Fsp3) is 0.467. The molecule has 21 heavy (non-hydrogen) atoms. The van der Waals surface area contributed by atoms with E-state index in [1.54, 1.807) is 24.3 Å². The summed E-state index contributed by atoms with van der Waals surface area (Å²) < 4.78 is 5.44. The van der Waals surface area contributed by atoms with Crippen molar-refractivity contribution in [1.82, 2.24) is 5.32 Å². The molecule has 1 aromatic carbocycles. The first kappa shape index (κ1) is 15.6. The Morgan fingerprint density at radius 3 is 2.86 bits per heavy atom. The lowest BCUT2D eigenvalue weighted by Gasteiger charge is -2.12. The monoisotopic (exact) mass is 311 g/mol. The third kappa shape index (κ3) is 4.93. The quantitative estimate of drug-likeness (QED) is 0.846. The van der Waals surface area contributed by atoms with Crippen molar-refractivity contribution >= 4 is 23.5 Å². The summed E-state index contributed by atoms with van der Waals surface area (Å²) in [6.07, 6.45) is 2.09. The van der Waals surface area contributed by atoms with Gasteiger partial charge in [-0.1, -0.05) is 17.7 Å². The number of carboxylic acids is 1. The Labute approximate surface area is 128 Å². The molecule has 1 fully saturated rings. The molecule has 2 rings (SSSR count). The van der Waals surface area contributed by atoms with Crippen LogP contribution in [0.1, 0.15) is 25.7 Å². The molecule has 1 saturated carbocycles. The molecule has 0 aliphatic heterocycles. The van der Waals surface area contributed by atoms with Crippen molar-refractivity contribution in [2.75, 3.05) is 6.61 Å². The van der Waals surface area contributed by atoms with Gasteiger partial charge in [0.2, 0.25) is 5.91 Å². The summed E-state index contributed by atoms with van der Waals surface area (Å²) >= 11 is 5.83. The number of carbonyl (C=O) groups excluding carboxylic acids is 1. The van der Waals surface area contributed by atoms with Crippen molar-refractivity contribution in [3.05, 3.63) is 29.3 Å². The van der Waals surface area contributed by atoms with Gasteiger partial charge in [-0.2, -0.15) is 0 Å². The lowest BCUT2D eigenvalue weighted by molar-refractivity contribution is -0.141. The zero-order valence-corrected chi connectivity index (χ0v) is 12.3. The first-order valence-electron chi connectivity index (χ1n) is 6.95. The summed E-state index contributed by atoms with van der Waals surface area (Å²) in [6, 6.07) is 6.96. The molecule has 0 bridgehead atoms. The molecule has 1 aromatic rings. The van der Waals surface area contributed by atoms with Crippen LogP contribution in [0, 0.1) is 5.92 Å². The summed E-state index contributed by atoms with van der Waals surface area (Å²) in [5.41, 5.74) is 0. The minimum atomic E-state index is -0.781. The smallest absolute Gasteiger partial charge is 0.306 e. The summed E-state index contributed by atoms with van der Waals surface area (Å²) in [6.45, 7) is 0.265. The number of halogens is 1. The molecule has 0 saturated heterocycles. The Morgan fingerprint density at radius 2 is 2.19 bits per heavy atom. The summed E-state index contributed by atoms with van der Waals surface area (Å²) in [7, 11) is 0. The molecule has 6 heteroatoms. The van der Waals surface area contributed by atoms with Crippen LogP contribution < -0.4 is 10.1 Å². The standard InChI is InChI=1S/C15H18ClNO4/c16-11-2-1-3-13(9-11)21-7-6-14(18)17-12-5-4-10(8-12)15(19)20/h1-3,9-10,12H,4-8H2,(H,17,18)(H,19,20). The van der Waals surface area contributed by atoms with Gasteiger partial charge in [-0.15, -0.1) is 0 Å². The van der Waals surface area contributed by atoms with Gasteiger partial charge in [0.1, 0.15) is 5.75 Å². The van der Waals surface area contributed by atoms with E-state index in [-0.39, 0.29) is 30.9 Å². The van der Waals surface area contributed by atoms with E-state index in [0.717, 1.165) is 6.42 Å². The number of rotatable bonds is 6. The van der Waals surface area contributed by atoms with Gasteiger partial charge in [0.05, 0.1) is 18.9 Å². The molecule has 2 atom stereocenters. The zero-order chi connectivity index (χ0) is 15.2. The molecule has 0 spiro atoms. The number of benzene rings is 1. The second-order valence-electron chi connectivity index (χ2n) is 5.17. The first-order chi connectivity index (χ1) is 10.0. The number of carbonyl (C=O) groups is 2. The van der Waals surface area contributed by atoms with Crippen molar-refractivity contribution in [2.24, 2.45) is 5.92 Å². The second-order valence-corrected chi connectivity index (χ2v) is 5.60. The highest BCUT2D eigenvalue weighted by Crippen LogP contribution is 2.25. The summed E-state index contributed by atoms with van der Waals surface area (Å²) in [5.74, 6) is -0.607. The summed E-state index contributed by atoms with van der Waals surface area (Å²) in [5, 5.41) is 12.4. The fourth-order valence-electron chi connectivity index (χ4n) is 2.46. The van der Waals surface area contributed by atoms with Crippen LogP contribution in [0.3, 0.4) is 0 Å². The highest BCUT2D eigenvalue weighted by atomic mass is 35.5. The van der Waals surface area contributed by atoms with Crippen molar-refractivity contribution in [2.45, 2.75) is 31.7 Å². The normalized spacial score (nSPS) is 21.0. The van der Waals surface area contributed by atoms with E-state index >= 15 is 0 Å². The van der Waals surface area contributed by atoms with Gasteiger partial charge in [-0.25, -0.2) is 0 Å². The van der Waals surface area contributed by atoms with Crippen LogP contribution >= 0.6 is 11.6 Å². The van der Waals surface area contributed by atoms with Gasteiger partial charge in [-0.05, 0) is 37.5 Å². The lowest BCUT2D eigenvalue weighted by atomic mass is 10.1. The molecule has 5 nitrogen and oxygen atoms in total. The zero-order valence-electron chi connectivity index (χ0n) is 11.5. The molecule has 1 aliphatic rings. The third-order valence-electron chi connectivity index (χ3n) is 3.54. The average Bonchev–Trinajstić information content (AvgIpc) is 2.87. The molecule has 2 unspecified atom stereocenters. The highest BCUT2D eigenvalue weighted by Gasteiger charge is 2.30. The van der Waals surface area contributed by atoms with Crippen LogP contribution in [0.15, 0.2) is 24.3 Å². The number of aliphatic carboxylic acids is 1. The van der Waals surface area contributed by atoms with E-state index in [1.165, 1.54) is 0 Å². The van der Waals surface area contributed by atoms with Crippen molar-refractivity contribution in [3.63, 3.8) is 0 Å². The molecule has 0 radical (unpaired) electrons. The average molecular weight is 312 g/mol. The van der Waals surface area contributed by atoms with Gasteiger partial charge < -0.3 is 15.2 Å².